The minimum Gasteiger partial charge on any atom is -0.384 e. The monoisotopic (exact) mass is 238 g/mol. The molecule has 6 nitrogen and oxygen atoms in total. The fourth-order valence-electron chi connectivity index (χ4n) is 3.32. The van der Waals surface area contributed by atoms with E-state index in [-0.39, 0.29) is 17.9 Å². The van der Waals surface area contributed by atoms with E-state index in [0.717, 1.165) is 26.1 Å². The Labute approximate surface area is 101 Å². The van der Waals surface area contributed by atoms with Crippen molar-refractivity contribution in [1.82, 2.24) is 4.90 Å². The van der Waals surface area contributed by atoms with Crippen molar-refractivity contribution in [3.05, 3.63) is 10.4 Å². The zero-order valence-electron chi connectivity index (χ0n) is 10.1. The average molecular weight is 238 g/mol. The second-order valence-corrected chi connectivity index (χ2v) is 5.05. The van der Waals surface area contributed by atoms with Crippen molar-refractivity contribution in [2.45, 2.75) is 19.3 Å². The number of carbonyl (C=O) groups is 1. The van der Waals surface area contributed by atoms with E-state index in [1.165, 1.54) is 12.8 Å². The molecule has 0 aromatic rings. The highest BCUT2D eigenvalue weighted by Gasteiger charge is 2.50. The van der Waals surface area contributed by atoms with Crippen molar-refractivity contribution < 1.29 is 9.53 Å². The van der Waals surface area contributed by atoms with Crippen molar-refractivity contribution >= 4 is 5.91 Å². The Kier molecular flexibility index (Phi) is 3.54. The molecule has 0 N–H and O–H groups in total. The van der Waals surface area contributed by atoms with Crippen LogP contribution in [0, 0.1) is 11.3 Å². The van der Waals surface area contributed by atoms with E-state index < -0.39 is 0 Å². The number of likely N-dealkylation sites (tertiary alicyclic amines) is 1. The molecule has 0 spiro atoms. The average Bonchev–Trinajstić information content (AvgIpc) is 2.82. The van der Waals surface area contributed by atoms with E-state index in [4.69, 9.17) is 10.3 Å². The summed E-state index contributed by atoms with van der Waals surface area (Å²) in [6.07, 6.45) is 3.54. The summed E-state index contributed by atoms with van der Waals surface area (Å²) in [5.41, 5.74) is 8.38. The summed E-state index contributed by atoms with van der Waals surface area (Å²) in [6.45, 7) is 2.21. The van der Waals surface area contributed by atoms with Crippen LogP contribution in [0.4, 0.5) is 0 Å². The standard InChI is InChI=1S/C11H18N4O2/c1-17-8-11-4-2-3-9(11)6-15(7-11)10(16)5-13-14-12/h9H,2-8H2,1H3/t9-,11+/m1/s1. The topological polar surface area (TPSA) is 78.3 Å². The van der Waals surface area contributed by atoms with Crippen molar-refractivity contribution in [3.8, 4) is 0 Å². The third-order valence-electron chi connectivity index (χ3n) is 4.09. The number of fused-ring (bicyclic) bond motifs is 1. The first-order valence-corrected chi connectivity index (χ1v) is 5.99. The molecule has 94 valence electrons. The first-order chi connectivity index (χ1) is 8.22. The molecule has 2 aliphatic rings. The molecule has 1 saturated carbocycles. The van der Waals surface area contributed by atoms with E-state index in [0.29, 0.717) is 5.92 Å². The van der Waals surface area contributed by atoms with Crippen LogP contribution >= 0.6 is 0 Å². The van der Waals surface area contributed by atoms with Crippen molar-refractivity contribution in [2.75, 3.05) is 33.4 Å². The van der Waals surface area contributed by atoms with Gasteiger partial charge in [0.2, 0.25) is 5.91 Å². The summed E-state index contributed by atoms with van der Waals surface area (Å²) in [5.74, 6) is 0.491. The molecule has 2 rings (SSSR count). The van der Waals surface area contributed by atoms with Gasteiger partial charge < -0.3 is 9.64 Å². The summed E-state index contributed by atoms with van der Waals surface area (Å²) in [4.78, 5) is 16.3. The van der Waals surface area contributed by atoms with Gasteiger partial charge in [-0.05, 0) is 24.3 Å². The van der Waals surface area contributed by atoms with E-state index in [1.54, 1.807) is 7.11 Å². The Bertz CT molecular complexity index is 353. The molecule has 1 saturated heterocycles. The van der Waals surface area contributed by atoms with Gasteiger partial charge in [-0.15, -0.1) is 0 Å². The fraction of sp³-hybridized carbons (Fsp3) is 0.909. The lowest BCUT2D eigenvalue weighted by Crippen LogP contribution is -2.35. The molecule has 1 amide bonds. The number of ether oxygens (including phenoxy) is 1. The molecule has 1 aliphatic heterocycles. The van der Waals surface area contributed by atoms with Crippen LogP contribution in [-0.2, 0) is 9.53 Å². The Hall–Kier alpha value is -1.26. The highest BCUT2D eigenvalue weighted by molar-refractivity contribution is 5.78. The van der Waals surface area contributed by atoms with Gasteiger partial charge in [-0.3, -0.25) is 4.79 Å². The maximum absolute atomic E-state index is 11.8. The van der Waals surface area contributed by atoms with Crippen LogP contribution < -0.4 is 0 Å². The van der Waals surface area contributed by atoms with Crippen molar-refractivity contribution in [3.63, 3.8) is 0 Å². The molecule has 2 fully saturated rings. The maximum Gasteiger partial charge on any atom is 0.228 e. The molecule has 2 atom stereocenters. The Morgan fingerprint density at radius 3 is 3.24 bits per heavy atom. The fourth-order valence-corrected chi connectivity index (χ4v) is 3.32. The summed E-state index contributed by atoms with van der Waals surface area (Å²) in [7, 11) is 1.72. The lowest BCUT2D eigenvalue weighted by molar-refractivity contribution is -0.129. The smallest absolute Gasteiger partial charge is 0.228 e. The van der Waals surface area contributed by atoms with Crippen LogP contribution in [0.25, 0.3) is 10.4 Å². The van der Waals surface area contributed by atoms with Crippen molar-refractivity contribution in [1.29, 1.82) is 0 Å². The van der Waals surface area contributed by atoms with Crippen molar-refractivity contribution in [2.24, 2.45) is 16.4 Å². The van der Waals surface area contributed by atoms with Gasteiger partial charge >= 0.3 is 0 Å². The summed E-state index contributed by atoms with van der Waals surface area (Å²) in [5, 5.41) is 3.34. The third-order valence-corrected chi connectivity index (χ3v) is 4.09. The molecule has 1 aliphatic carbocycles. The van der Waals surface area contributed by atoms with E-state index in [9.17, 15) is 4.79 Å². The van der Waals surface area contributed by atoms with E-state index in [1.807, 2.05) is 4.90 Å². The first-order valence-electron chi connectivity index (χ1n) is 5.99. The molecule has 17 heavy (non-hydrogen) atoms. The Morgan fingerprint density at radius 1 is 1.71 bits per heavy atom. The molecule has 0 aromatic carbocycles. The van der Waals surface area contributed by atoms with Gasteiger partial charge in [0, 0.05) is 30.5 Å². The van der Waals surface area contributed by atoms with Crippen LogP contribution in [0.1, 0.15) is 19.3 Å². The van der Waals surface area contributed by atoms with Gasteiger partial charge in [0.1, 0.15) is 6.54 Å². The van der Waals surface area contributed by atoms with Crippen LogP contribution in [-0.4, -0.2) is 44.2 Å². The number of rotatable bonds is 4. The highest BCUT2D eigenvalue weighted by atomic mass is 16.5. The third kappa shape index (κ3) is 2.23. The lowest BCUT2D eigenvalue weighted by atomic mass is 9.82. The Balaban J connectivity index is 2.02. The van der Waals surface area contributed by atoms with Crippen LogP contribution in [0.5, 0.6) is 0 Å². The largest absolute Gasteiger partial charge is 0.384 e. The number of carbonyl (C=O) groups excluding carboxylic acids is 1. The highest BCUT2D eigenvalue weighted by Crippen LogP contribution is 2.48. The maximum atomic E-state index is 11.8. The first kappa shape index (κ1) is 12.2. The van der Waals surface area contributed by atoms with Gasteiger partial charge in [0.05, 0.1) is 6.61 Å². The zero-order valence-corrected chi connectivity index (χ0v) is 10.1. The molecule has 1 heterocycles. The van der Waals surface area contributed by atoms with Gasteiger partial charge in [0.15, 0.2) is 0 Å². The number of nitrogens with zero attached hydrogens (tertiary/aromatic N) is 4. The van der Waals surface area contributed by atoms with Gasteiger partial charge in [-0.2, -0.15) is 0 Å². The number of hydrogen-bond acceptors (Lipinski definition) is 3. The van der Waals surface area contributed by atoms with Crippen LogP contribution in [0.2, 0.25) is 0 Å². The van der Waals surface area contributed by atoms with Crippen LogP contribution in [0.15, 0.2) is 5.11 Å². The number of hydrogen-bond donors (Lipinski definition) is 0. The predicted molar refractivity (Wildman–Crippen MR) is 62.2 cm³/mol. The second kappa shape index (κ2) is 4.94. The molecule has 0 radical (unpaired) electrons. The molecule has 6 heteroatoms. The lowest BCUT2D eigenvalue weighted by Gasteiger charge is -2.27. The second-order valence-electron chi connectivity index (χ2n) is 5.05. The minimum atomic E-state index is -0.0632. The van der Waals surface area contributed by atoms with Gasteiger partial charge in [-0.1, -0.05) is 11.5 Å². The molecular formula is C11H18N4O2. The van der Waals surface area contributed by atoms with E-state index >= 15 is 0 Å². The summed E-state index contributed by atoms with van der Waals surface area (Å²) >= 11 is 0. The SMILES string of the molecule is COC[C@@]12CCC[C@@H]1CN(C(=O)CN=[N+]=[N-])C2. The molecular weight excluding hydrogens is 220 g/mol. The summed E-state index contributed by atoms with van der Waals surface area (Å²) < 4.78 is 5.32. The molecule has 0 bridgehead atoms. The molecule has 0 unspecified atom stereocenters. The Morgan fingerprint density at radius 2 is 2.53 bits per heavy atom. The zero-order chi connectivity index (χ0) is 12.3. The van der Waals surface area contributed by atoms with Crippen LogP contribution in [0.3, 0.4) is 0 Å². The number of azide groups is 1. The summed E-state index contributed by atoms with van der Waals surface area (Å²) in [6, 6.07) is 0. The quantitative estimate of drug-likeness (QED) is 0.423. The number of amides is 1. The van der Waals surface area contributed by atoms with Gasteiger partial charge in [0.25, 0.3) is 0 Å². The minimum absolute atomic E-state index is 0.0623. The predicted octanol–water partition coefficient (Wildman–Crippen LogP) is 1.57. The molecule has 0 aromatic heterocycles. The van der Waals surface area contributed by atoms with Gasteiger partial charge in [-0.25, -0.2) is 0 Å². The number of methoxy groups -OCH3 is 1. The van der Waals surface area contributed by atoms with E-state index in [2.05, 4.69) is 10.0 Å². The normalized spacial score (nSPS) is 31.1.